The van der Waals surface area contributed by atoms with Gasteiger partial charge in [0.1, 0.15) is 12.4 Å². The van der Waals surface area contributed by atoms with Crippen molar-refractivity contribution in [2.24, 2.45) is 0 Å². The van der Waals surface area contributed by atoms with Crippen molar-refractivity contribution in [3.05, 3.63) is 95.5 Å². The molecule has 1 heterocycles. The second-order valence-electron chi connectivity index (χ2n) is 6.02. The van der Waals surface area contributed by atoms with E-state index >= 15 is 0 Å². The molecule has 0 saturated carbocycles. The van der Waals surface area contributed by atoms with Crippen LogP contribution >= 0.6 is 56.9 Å². The first kappa shape index (κ1) is 19.0. The Morgan fingerprint density at radius 1 is 0.963 bits per heavy atom. The van der Waals surface area contributed by atoms with Gasteiger partial charge in [-0.3, -0.25) is 4.79 Å². The van der Waals surface area contributed by atoms with Gasteiger partial charge in [-0.2, -0.15) is 0 Å². The lowest BCUT2D eigenvalue weighted by Crippen LogP contribution is -2.00. The number of hydrogen-bond donors (Lipinski definition) is 0. The first-order valence-electron chi connectivity index (χ1n) is 8.31. The fourth-order valence-electron chi connectivity index (χ4n) is 2.85. The van der Waals surface area contributed by atoms with E-state index in [1.165, 1.54) is 11.8 Å². The van der Waals surface area contributed by atoms with Gasteiger partial charge in [-0.15, -0.1) is 0 Å². The predicted octanol–water partition coefficient (Wildman–Crippen LogP) is 6.80. The lowest BCUT2D eigenvalue weighted by molar-refractivity contribution is 0.104. The molecule has 0 fully saturated rings. The van der Waals surface area contributed by atoms with Crippen molar-refractivity contribution in [3.8, 4) is 5.75 Å². The quantitative estimate of drug-likeness (QED) is 0.245. The minimum absolute atomic E-state index is 0.0819. The molecule has 0 N–H and O–H groups in total. The SMILES string of the molecule is O=C1/C(=C\c2cc(I)cc(I)c2OCc2ccccc2)Sc2ccccc21. The number of ketones is 1. The van der Waals surface area contributed by atoms with Crippen molar-refractivity contribution < 1.29 is 9.53 Å². The first-order valence-corrected chi connectivity index (χ1v) is 11.3. The van der Waals surface area contributed by atoms with Crippen molar-refractivity contribution in [2.45, 2.75) is 11.5 Å². The molecule has 3 aromatic rings. The molecule has 0 saturated heterocycles. The first-order chi connectivity index (χ1) is 13.1. The summed E-state index contributed by atoms with van der Waals surface area (Å²) in [6.45, 7) is 0.495. The maximum absolute atomic E-state index is 12.7. The number of hydrogen-bond acceptors (Lipinski definition) is 3. The fraction of sp³-hybridized carbons (Fsp3) is 0.0455. The summed E-state index contributed by atoms with van der Waals surface area (Å²) in [5, 5.41) is 0. The van der Waals surface area contributed by atoms with Crippen molar-refractivity contribution in [1.29, 1.82) is 0 Å². The Hall–Kier alpha value is -1.32. The van der Waals surface area contributed by atoms with Crippen molar-refractivity contribution in [3.63, 3.8) is 0 Å². The van der Waals surface area contributed by atoms with Gasteiger partial charge in [0.2, 0.25) is 5.78 Å². The van der Waals surface area contributed by atoms with E-state index in [9.17, 15) is 4.79 Å². The van der Waals surface area contributed by atoms with E-state index in [4.69, 9.17) is 4.74 Å². The number of ether oxygens (including phenoxy) is 1. The van der Waals surface area contributed by atoms with E-state index in [0.29, 0.717) is 6.61 Å². The summed E-state index contributed by atoms with van der Waals surface area (Å²) in [6.07, 6.45) is 1.96. The Morgan fingerprint density at radius 3 is 2.48 bits per heavy atom. The topological polar surface area (TPSA) is 26.3 Å². The molecular weight excluding hydrogens is 582 g/mol. The van der Waals surface area contributed by atoms with Gasteiger partial charge >= 0.3 is 0 Å². The maximum Gasteiger partial charge on any atom is 0.200 e. The number of allylic oxidation sites excluding steroid dienone is 1. The lowest BCUT2D eigenvalue weighted by Gasteiger charge is -2.13. The zero-order chi connectivity index (χ0) is 18.8. The van der Waals surface area contributed by atoms with E-state index in [2.05, 4.69) is 57.3 Å². The highest BCUT2D eigenvalue weighted by molar-refractivity contribution is 14.1. The van der Waals surface area contributed by atoms with E-state index in [0.717, 1.165) is 39.4 Å². The summed E-state index contributed by atoms with van der Waals surface area (Å²) in [5.41, 5.74) is 2.83. The van der Waals surface area contributed by atoms with Gasteiger partial charge in [0.15, 0.2) is 0 Å². The molecule has 0 amide bonds. The molecule has 4 rings (SSSR count). The molecule has 0 aromatic heterocycles. The highest BCUT2D eigenvalue weighted by Crippen LogP contribution is 2.42. The molecule has 2 nitrogen and oxygen atoms in total. The zero-order valence-electron chi connectivity index (χ0n) is 14.1. The average molecular weight is 596 g/mol. The average Bonchev–Trinajstić information content (AvgIpc) is 2.98. The molecule has 27 heavy (non-hydrogen) atoms. The molecule has 5 heteroatoms. The third-order valence-electron chi connectivity index (χ3n) is 4.13. The van der Waals surface area contributed by atoms with Crippen LogP contribution in [0, 0.1) is 7.14 Å². The minimum Gasteiger partial charge on any atom is -0.487 e. The Morgan fingerprint density at radius 2 is 1.70 bits per heavy atom. The molecule has 0 unspecified atom stereocenters. The highest BCUT2D eigenvalue weighted by atomic mass is 127. The van der Waals surface area contributed by atoms with Crippen molar-refractivity contribution in [2.75, 3.05) is 0 Å². The molecule has 0 aliphatic carbocycles. The number of rotatable bonds is 4. The minimum atomic E-state index is 0.0819. The number of Topliss-reactive ketones (excluding diaryl/α,β-unsaturated/α-hetero) is 1. The Labute approximate surface area is 189 Å². The van der Waals surface area contributed by atoms with Gasteiger partial charge in [-0.25, -0.2) is 0 Å². The van der Waals surface area contributed by atoms with Crippen molar-refractivity contribution >= 4 is 68.8 Å². The molecule has 0 spiro atoms. The summed E-state index contributed by atoms with van der Waals surface area (Å²) < 4.78 is 8.31. The summed E-state index contributed by atoms with van der Waals surface area (Å²) >= 11 is 6.12. The molecule has 3 aromatic carbocycles. The van der Waals surface area contributed by atoms with Crippen LogP contribution in [0.3, 0.4) is 0 Å². The summed E-state index contributed by atoms with van der Waals surface area (Å²) in [5.74, 6) is 0.898. The van der Waals surface area contributed by atoms with Gasteiger partial charge in [0.05, 0.1) is 8.48 Å². The van der Waals surface area contributed by atoms with Gasteiger partial charge in [0.25, 0.3) is 0 Å². The third kappa shape index (κ3) is 4.25. The molecule has 0 radical (unpaired) electrons. The van der Waals surface area contributed by atoms with E-state index in [-0.39, 0.29) is 5.78 Å². The monoisotopic (exact) mass is 596 g/mol. The number of carbonyl (C=O) groups excluding carboxylic acids is 1. The van der Waals surface area contributed by atoms with Crippen LogP contribution in [0.15, 0.2) is 76.5 Å². The van der Waals surface area contributed by atoms with Crippen LogP contribution in [0.2, 0.25) is 0 Å². The summed E-state index contributed by atoms with van der Waals surface area (Å²) in [6, 6.07) is 22.0. The number of carbonyl (C=O) groups is 1. The van der Waals surface area contributed by atoms with Gasteiger partial charge in [-0.1, -0.05) is 54.2 Å². The predicted molar refractivity (Wildman–Crippen MR) is 127 cm³/mol. The van der Waals surface area contributed by atoms with Crippen LogP contribution in [0.1, 0.15) is 21.5 Å². The molecule has 1 aliphatic heterocycles. The summed E-state index contributed by atoms with van der Waals surface area (Å²) in [4.78, 5) is 14.5. The largest absolute Gasteiger partial charge is 0.487 e. The van der Waals surface area contributed by atoms with Crippen LogP contribution < -0.4 is 4.74 Å². The number of halogens is 2. The van der Waals surface area contributed by atoms with Crippen LogP contribution in [0.25, 0.3) is 6.08 Å². The van der Waals surface area contributed by atoms with Crippen LogP contribution in [0.4, 0.5) is 0 Å². The second kappa shape index (κ2) is 8.36. The normalized spacial score (nSPS) is 14.4. The van der Waals surface area contributed by atoms with Crippen LogP contribution in [0.5, 0.6) is 5.75 Å². The Kier molecular flexibility index (Phi) is 5.89. The standard InChI is InChI=1S/C22H14I2O2S/c23-16-10-15(11-20-21(25)17-8-4-5-9-19(17)27-20)22(18(24)12-16)26-13-14-6-2-1-3-7-14/h1-12H,13H2/b20-11+. The Balaban J connectivity index is 1.68. The molecule has 134 valence electrons. The maximum atomic E-state index is 12.7. The highest BCUT2D eigenvalue weighted by Gasteiger charge is 2.25. The van der Waals surface area contributed by atoms with E-state index in [1.807, 2.05) is 60.7 Å². The number of fused-ring (bicyclic) bond motifs is 1. The lowest BCUT2D eigenvalue weighted by atomic mass is 10.1. The van der Waals surface area contributed by atoms with Crippen molar-refractivity contribution in [1.82, 2.24) is 0 Å². The van der Waals surface area contributed by atoms with Crippen LogP contribution in [-0.4, -0.2) is 5.78 Å². The second-order valence-corrected chi connectivity index (χ2v) is 9.51. The molecule has 0 bridgehead atoms. The fourth-order valence-corrected chi connectivity index (χ4v) is 5.93. The molecule has 0 atom stereocenters. The van der Waals surface area contributed by atoms with Gasteiger partial charge in [0, 0.05) is 19.6 Å². The smallest absolute Gasteiger partial charge is 0.200 e. The zero-order valence-corrected chi connectivity index (χ0v) is 19.2. The van der Waals surface area contributed by atoms with Gasteiger partial charge < -0.3 is 4.74 Å². The third-order valence-corrected chi connectivity index (χ3v) is 6.65. The number of benzene rings is 3. The van der Waals surface area contributed by atoms with E-state index in [1.54, 1.807) is 0 Å². The Bertz CT molecular complexity index is 1050. The van der Waals surface area contributed by atoms with E-state index < -0.39 is 0 Å². The molecule has 1 aliphatic rings. The van der Waals surface area contributed by atoms with Crippen LogP contribution in [-0.2, 0) is 6.61 Å². The van der Waals surface area contributed by atoms with Gasteiger partial charge in [-0.05, 0) is 81.1 Å². The number of thioether (sulfide) groups is 1. The molecular formula is C22H14I2O2S. The summed E-state index contributed by atoms with van der Waals surface area (Å²) in [7, 11) is 0.